The van der Waals surface area contributed by atoms with Crippen molar-refractivity contribution in [1.29, 1.82) is 0 Å². The maximum Gasteiger partial charge on any atom is 0.149 e. The van der Waals surface area contributed by atoms with E-state index in [0.29, 0.717) is 34.3 Å². The van der Waals surface area contributed by atoms with Crippen LogP contribution in [0.4, 0.5) is 17.2 Å². The summed E-state index contributed by atoms with van der Waals surface area (Å²) in [4.78, 5) is 8.34. The maximum absolute atomic E-state index is 10.1. The minimum atomic E-state index is -0.777. The molecule has 29 heavy (non-hydrogen) atoms. The first-order valence-electron chi connectivity index (χ1n) is 8.91. The number of benzene rings is 1. The van der Waals surface area contributed by atoms with Gasteiger partial charge in [0, 0.05) is 12.6 Å². The molecule has 148 valence electrons. The zero-order valence-electron chi connectivity index (χ0n) is 15.0. The van der Waals surface area contributed by atoms with Crippen molar-refractivity contribution in [3.8, 4) is 0 Å². The first-order chi connectivity index (χ1) is 14.1. The predicted octanol–water partition coefficient (Wildman–Crippen LogP) is 1.34. The van der Waals surface area contributed by atoms with E-state index in [1.54, 1.807) is 29.0 Å². The van der Waals surface area contributed by atoms with Crippen LogP contribution in [0.5, 0.6) is 0 Å². The number of rotatable bonds is 4. The van der Waals surface area contributed by atoms with Crippen molar-refractivity contribution < 1.29 is 14.9 Å². The van der Waals surface area contributed by atoms with Gasteiger partial charge in [-0.05, 0) is 18.2 Å². The first-order valence-corrected chi connectivity index (χ1v) is 8.91. The number of ether oxygens (including phenoxy) is 1. The number of H-pyrrole nitrogens is 1. The van der Waals surface area contributed by atoms with Crippen molar-refractivity contribution in [2.24, 2.45) is 10.2 Å². The zero-order valence-corrected chi connectivity index (χ0v) is 15.0. The molecule has 5 rings (SSSR count). The van der Waals surface area contributed by atoms with Gasteiger partial charge in [-0.3, -0.25) is 0 Å². The summed E-state index contributed by atoms with van der Waals surface area (Å²) in [5.41, 5.74) is 9.03. The number of anilines is 1. The van der Waals surface area contributed by atoms with E-state index in [1.165, 1.54) is 6.33 Å². The van der Waals surface area contributed by atoms with E-state index < -0.39 is 18.4 Å². The average Bonchev–Trinajstić information content (AvgIpc) is 3.42. The van der Waals surface area contributed by atoms with E-state index in [4.69, 9.17) is 10.5 Å². The SMILES string of the molecule is Nc1ncnc2c1c(N=Nc1ccc3n[nH]nc3c1)cn2[C@H]1CC(O)[C@@H](CO)O1. The highest BCUT2D eigenvalue weighted by Crippen LogP contribution is 2.38. The molecule has 3 aromatic heterocycles. The monoisotopic (exact) mass is 395 g/mol. The number of hydrogen-bond acceptors (Lipinski definition) is 10. The van der Waals surface area contributed by atoms with E-state index in [0.717, 1.165) is 5.52 Å². The lowest BCUT2D eigenvalue weighted by atomic mass is 10.2. The quantitative estimate of drug-likeness (QED) is 0.375. The number of aliphatic hydroxyl groups is 2. The van der Waals surface area contributed by atoms with Gasteiger partial charge in [0.15, 0.2) is 0 Å². The molecule has 12 heteroatoms. The molecule has 0 spiro atoms. The van der Waals surface area contributed by atoms with E-state index in [1.807, 2.05) is 0 Å². The van der Waals surface area contributed by atoms with Crippen molar-refractivity contribution in [1.82, 2.24) is 29.9 Å². The van der Waals surface area contributed by atoms with Gasteiger partial charge < -0.3 is 25.3 Å². The molecule has 12 nitrogen and oxygen atoms in total. The second-order valence-electron chi connectivity index (χ2n) is 6.69. The van der Waals surface area contributed by atoms with Crippen LogP contribution in [-0.4, -0.2) is 59.0 Å². The van der Waals surface area contributed by atoms with Gasteiger partial charge in [-0.15, -0.1) is 5.11 Å². The Hall–Kier alpha value is -3.48. The summed E-state index contributed by atoms with van der Waals surface area (Å²) in [6, 6.07) is 5.32. The summed E-state index contributed by atoms with van der Waals surface area (Å²) in [7, 11) is 0. The third-order valence-electron chi connectivity index (χ3n) is 4.89. The van der Waals surface area contributed by atoms with Gasteiger partial charge >= 0.3 is 0 Å². The Morgan fingerprint density at radius 2 is 2.10 bits per heavy atom. The Bertz CT molecular complexity index is 1220. The van der Waals surface area contributed by atoms with Crippen molar-refractivity contribution in [3.63, 3.8) is 0 Å². The fourth-order valence-corrected chi connectivity index (χ4v) is 3.44. The van der Waals surface area contributed by atoms with Gasteiger partial charge in [0.2, 0.25) is 0 Å². The van der Waals surface area contributed by atoms with E-state index in [-0.39, 0.29) is 12.4 Å². The van der Waals surface area contributed by atoms with Crippen LogP contribution in [0.3, 0.4) is 0 Å². The third-order valence-corrected chi connectivity index (χ3v) is 4.89. The number of aromatic amines is 1. The van der Waals surface area contributed by atoms with Crippen molar-refractivity contribution in [3.05, 3.63) is 30.7 Å². The number of hydrogen-bond donors (Lipinski definition) is 4. The number of aromatic nitrogens is 6. The lowest BCUT2D eigenvalue weighted by Crippen LogP contribution is -2.24. The van der Waals surface area contributed by atoms with Crippen molar-refractivity contribution in [2.75, 3.05) is 12.3 Å². The molecule has 1 aliphatic rings. The minimum Gasteiger partial charge on any atom is -0.394 e. The summed E-state index contributed by atoms with van der Waals surface area (Å²) in [5, 5.41) is 39.1. The van der Waals surface area contributed by atoms with E-state index >= 15 is 0 Å². The van der Waals surface area contributed by atoms with Gasteiger partial charge in [-0.2, -0.15) is 20.5 Å². The third kappa shape index (κ3) is 2.99. The largest absolute Gasteiger partial charge is 0.394 e. The van der Waals surface area contributed by atoms with Crippen LogP contribution in [0.15, 0.2) is 41.0 Å². The van der Waals surface area contributed by atoms with Crippen LogP contribution < -0.4 is 5.73 Å². The lowest BCUT2D eigenvalue weighted by Gasteiger charge is -2.14. The molecule has 0 aliphatic carbocycles. The summed E-state index contributed by atoms with van der Waals surface area (Å²) in [5.74, 6) is 0.256. The molecular formula is C17H17N9O3. The molecule has 1 fully saturated rings. The van der Waals surface area contributed by atoms with Crippen molar-refractivity contribution >= 4 is 39.3 Å². The van der Waals surface area contributed by atoms with Crippen LogP contribution in [0, 0.1) is 0 Å². The standard InChI is InChI=1S/C17H17N9O3/c18-16-15-11(22-21-8-1-2-9-10(3-8)24-25-23-9)5-26(17(15)20-7-19-16)14-4-12(28)13(6-27)29-14/h1-3,5,7,12-14,27-28H,4,6H2,(H2,18,19,20)(H,23,24,25)/t12?,13-,14-/m1/s1. The van der Waals surface area contributed by atoms with Gasteiger partial charge in [0.05, 0.1) is 23.8 Å². The van der Waals surface area contributed by atoms with Gasteiger partial charge in [-0.1, -0.05) is 0 Å². The number of nitrogens with two attached hydrogens (primary N) is 1. The number of nitrogen functional groups attached to an aromatic ring is 1. The number of aliphatic hydroxyl groups excluding tert-OH is 2. The summed E-state index contributed by atoms with van der Waals surface area (Å²) in [6.45, 7) is -0.273. The van der Waals surface area contributed by atoms with Gasteiger partial charge in [0.25, 0.3) is 0 Å². The second-order valence-corrected chi connectivity index (χ2v) is 6.69. The highest BCUT2D eigenvalue weighted by molar-refractivity contribution is 5.96. The topological polar surface area (TPSA) is 173 Å². The lowest BCUT2D eigenvalue weighted by molar-refractivity contribution is -0.0430. The molecule has 1 unspecified atom stereocenters. The van der Waals surface area contributed by atoms with E-state index in [2.05, 4.69) is 35.6 Å². The molecule has 4 aromatic rings. The highest BCUT2D eigenvalue weighted by atomic mass is 16.5. The van der Waals surface area contributed by atoms with Crippen LogP contribution in [0.1, 0.15) is 12.6 Å². The smallest absolute Gasteiger partial charge is 0.149 e. The zero-order chi connectivity index (χ0) is 20.0. The molecule has 1 saturated heterocycles. The average molecular weight is 395 g/mol. The minimum absolute atomic E-state index is 0.256. The van der Waals surface area contributed by atoms with Crippen LogP contribution in [-0.2, 0) is 4.74 Å². The molecule has 3 atom stereocenters. The van der Waals surface area contributed by atoms with Gasteiger partial charge in [-0.25, -0.2) is 9.97 Å². The number of nitrogens with zero attached hydrogens (tertiary/aromatic N) is 7. The van der Waals surface area contributed by atoms with Crippen LogP contribution >= 0.6 is 0 Å². The normalized spacial score (nSPS) is 22.3. The molecule has 4 heterocycles. The summed E-state index contributed by atoms with van der Waals surface area (Å²) < 4.78 is 7.47. The second kappa shape index (κ2) is 6.84. The number of nitrogens with one attached hydrogen (secondary N) is 1. The molecule has 1 aromatic carbocycles. The molecule has 0 saturated carbocycles. The van der Waals surface area contributed by atoms with Crippen LogP contribution in [0.25, 0.3) is 22.1 Å². The summed E-state index contributed by atoms with van der Waals surface area (Å²) in [6.07, 6.45) is 1.40. The van der Waals surface area contributed by atoms with Crippen molar-refractivity contribution in [2.45, 2.75) is 24.9 Å². The molecular weight excluding hydrogens is 378 g/mol. The Balaban J connectivity index is 1.55. The molecule has 0 bridgehead atoms. The van der Waals surface area contributed by atoms with E-state index in [9.17, 15) is 10.2 Å². The summed E-state index contributed by atoms with van der Waals surface area (Å²) >= 11 is 0. The number of azo groups is 1. The fraction of sp³-hybridized carbons (Fsp3) is 0.294. The highest BCUT2D eigenvalue weighted by Gasteiger charge is 2.35. The fourth-order valence-electron chi connectivity index (χ4n) is 3.44. The molecule has 1 aliphatic heterocycles. The number of fused-ring (bicyclic) bond motifs is 2. The Labute approximate surface area is 163 Å². The predicted molar refractivity (Wildman–Crippen MR) is 102 cm³/mol. The molecule has 0 amide bonds. The van der Waals surface area contributed by atoms with Crippen LogP contribution in [0.2, 0.25) is 0 Å². The molecule has 5 N–H and O–H groups in total. The molecule has 0 radical (unpaired) electrons. The van der Waals surface area contributed by atoms with Gasteiger partial charge in [0.1, 0.15) is 46.8 Å². The maximum atomic E-state index is 10.1. The Morgan fingerprint density at radius 3 is 2.93 bits per heavy atom. The first kappa shape index (κ1) is 17.6. The Morgan fingerprint density at radius 1 is 1.24 bits per heavy atom. The Kier molecular flexibility index (Phi) is 4.16.